The zero-order chi connectivity index (χ0) is 17.7. The first kappa shape index (κ1) is 18.2. The second-order valence-corrected chi connectivity index (χ2v) is 6.67. The largest absolute Gasteiger partial charge is 0.455 e. The molecule has 1 saturated carbocycles. The van der Waals surface area contributed by atoms with E-state index in [0.717, 1.165) is 25.7 Å². The SMILES string of the molecule is CC(C)NC(=O)NC(=O)COC(=O)[C@H]1CC(=O)N(C2CCCC2)C1. The molecular weight excluding hydrogens is 314 g/mol. The van der Waals surface area contributed by atoms with Crippen LogP contribution in [0.2, 0.25) is 0 Å². The number of imide groups is 1. The van der Waals surface area contributed by atoms with Gasteiger partial charge >= 0.3 is 12.0 Å². The van der Waals surface area contributed by atoms with Crippen LogP contribution in [0.3, 0.4) is 0 Å². The fraction of sp³-hybridized carbons (Fsp3) is 0.750. The molecule has 134 valence electrons. The van der Waals surface area contributed by atoms with Gasteiger partial charge in [-0.15, -0.1) is 0 Å². The lowest BCUT2D eigenvalue weighted by atomic mass is 10.1. The average Bonchev–Trinajstić information content (AvgIpc) is 3.12. The number of urea groups is 1. The third-order valence-corrected chi connectivity index (χ3v) is 4.28. The van der Waals surface area contributed by atoms with Crippen molar-refractivity contribution in [3.8, 4) is 0 Å². The minimum atomic E-state index is -0.696. The Balaban J connectivity index is 1.73. The molecule has 0 aromatic rings. The molecule has 0 spiro atoms. The van der Waals surface area contributed by atoms with E-state index in [0.29, 0.717) is 6.54 Å². The number of likely N-dealkylation sites (tertiary alicyclic amines) is 1. The van der Waals surface area contributed by atoms with Crippen LogP contribution >= 0.6 is 0 Å². The van der Waals surface area contributed by atoms with Crippen molar-refractivity contribution >= 4 is 23.8 Å². The molecule has 24 heavy (non-hydrogen) atoms. The third kappa shape index (κ3) is 4.94. The van der Waals surface area contributed by atoms with Gasteiger partial charge in [-0.2, -0.15) is 0 Å². The Morgan fingerprint density at radius 1 is 1.25 bits per heavy atom. The summed E-state index contributed by atoms with van der Waals surface area (Å²) >= 11 is 0. The number of carbonyl (C=O) groups is 4. The van der Waals surface area contributed by atoms with E-state index in [2.05, 4.69) is 10.6 Å². The summed E-state index contributed by atoms with van der Waals surface area (Å²) in [5.41, 5.74) is 0. The maximum absolute atomic E-state index is 12.0. The molecule has 1 aliphatic carbocycles. The smallest absolute Gasteiger partial charge is 0.321 e. The van der Waals surface area contributed by atoms with E-state index < -0.39 is 30.4 Å². The van der Waals surface area contributed by atoms with Crippen LogP contribution in [0.25, 0.3) is 0 Å². The fourth-order valence-corrected chi connectivity index (χ4v) is 3.17. The van der Waals surface area contributed by atoms with E-state index in [1.807, 2.05) is 0 Å². The minimum Gasteiger partial charge on any atom is -0.455 e. The van der Waals surface area contributed by atoms with Gasteiger partial charge in [-0.25, -0.2) is 4.79 Å². The van der Waals surface area contributed by atoms with Crippen molar-refractivity contribution in [1.29, 1.82) is 0 Å². The van der Waals surface area contributed by atoms with Crippen LogP contribution in [0, 0.1) is 5.92 Å². The van der Waals surface area contributed by atoms with Crippen molar-refractivity contribution < 1.29 is 23.9 Å². The van der Waals surface area contributed by atoms with Crippen LogP contribution in [0.1, 0.15) is 46.0 Å². The number of ether oxygens (including phenoxy) is 1. The Morgan fingerprint density at radius 2 is 1.92 bits per heavy atom. The van der Waals surface area contributed by atoms with Gasteiger partial charge in [0.15, 0.2) is 6.61 Å². The van der Waals surface area contributed by atoms with Crippen LogP contribution in [0.4, 0.5) is 4.79 Å². The molecule has 4 amide bonds. The molecular formula is C16H25N3O5. The molecule has 1 atom stereocenters. The Hall–Kier alpha value is -2.12. The quantitative estimate of drug-likeness (QED) is 0.712. The van der Waals surface area contributed by atoms with E-state index in [1.54, 1.807) is 18.7 Å². The van der Waals surface area contributed by atoms with Gasteiger partial charge in [-0.3, -0.25) is 19.7 Å². The summed E-state index contributed by atoms with van der Waals surface area (Å²) in [7, 11) is 0. The molecule has 8 nitrogen and oxygen atoms in total. The molecule has 0 bridgehead atoms. The summed E-state index contributed by atoms with van der Waals surface area (Å²) in [6, 6.07) is -0.501. The van der Waals surface area contributed by atoms with Gasteiger partial charge in [-0.05, 0) is 26.7 Å². The summed E-state index contributed by atoms with van der Waals surface area (Å²) in [4.78, 5) is 48.8. The Bertz CT molecular complexity index is 514. The van der Waals surface area contributed by atoms with Crippen molar-refractivity contribution in [2.24, 2.45) is 5.92 Å². The normalized spacial score (nSPS) is 21.2. The van der Waals surface area contributed by atoms with E-state index in [1.165, 1.54) is 0 Å². The van der Waals surface area contributed by atoms with Gasteiger partial charge in [0.1, 0.15) is 0 Å². The number of nitrogens with one attached hydrogen (secondary N) is 2. The van der Waals surface area contributed by atoms with Crippen molar-refractivity contribution in [2.45, 2.75) is 58.0 Å². The molecule has 2 aliphatic rings. The topological polar surface area (TPSA) is 105 Å². The van der Waals surface area contributed by atoms with Crippen LogP contribution < -0.4 is 10.6 Å². The maximum atomic E-state index is 12.0. The molecule has 0 unspecified atom stereocenters. The highest BCUT2D eigenvalue weighted by Crippen LogP contribution is 2.29. The van der Waals surface area contributed by atoms with Gasteiger partial charge in [0.2, 0.25) is 5.91 Å². The third-order valence-electron chi connectivity index (χ3n) is 4.28. The van der Waals surface area contributed by atoms with Gasteiger partial charge in [0.25, 0.3) is 5.91 Å². The van der Waals surface area contributed by atoms with Gasteiger partial charge < -0.3 is 15.0 Å². The Labute approximate surface area is 141 Å². The van der Waals surface area contributed by atoms with E-state index in [-0.39, 0.29) is 24.4 Å². The molecule has 2 rings (SSSR count). The minimum absolute atomic E-state index is 0.0235. The van der Waals surface area contributed by atoms with Crippen LogP contribution in [-0.4, -0.2) is 54.0 Å². The highest BCUT2D eigenvalue weighted by molar-refractivity contribution is 5.96. The summed E-state index contributed by atoms with van der Waals surface area (Å²) in [6.45, 7) is 3.35. The molecule has 0 aromatic heterocycles. The van der Waals surface area contributed by atoms with E-state index >= 15 is 0 Å². The molecule has 2 fully saturated rings. The molecule has 1 aliphatic heterocycles. The highest BCUT2D eigenvalue weighted by atomic mass is 16.5. The van der Waals surface area contributed by atoms with Gasteiger partial charge in [0, 0.05) is 25.0 Å². The molecule has 1 saturated heterocycles. The first-order chi connectivity index (χ1) is 11.4. The van der Waals surface area contributed by atoms with Crippen LogP contribution in [0.5, 0.6) is 0 Å². The number of amides is 4. The predicted octanol–water partition coefficient (Wildman–Crippen LogP) is 0.555. The Morgan fingerprint density at radius 3 is 2.54 bits per heavy atom. The molecule has 0 radical (unpaired) electrons. The van der Waals surface area contributed by atoms with E-state index in [9.17, 15) is 19.2 Å². The standard InChI is InChI=1S/C16H25N3O5/c1-10(2)17-16(23)18-13(20)9-24-15(22)11-7-14(21)19(8-11)12-5-3-4-6-12/h10-12H,3-9H2,1-2H3,(H2,17,18,20,23)/t11-/m0/s1. The number of rotatable bonds is 5. The summed E-state index contributed by atoms with van der Waals surface area (Å²) in [6.07, 6.45) is 4.33. The first-order valence-electron chi connectivity index (χ1n) is 8.43. The Kier molecular flexibility index (Phi) is 6.16. The summed E-state index contributed by atoms with van der Waals surface area (Å²) < 4.78 is 4.94. The van der Waals surface area contributed by atoms with E-state index in [4.69, 9.17) is 4.74 Å². The number of esters is 1. The van der Waals surface area contributed by atoms with Gasteiger partial charge in [0.05, 0.1) is 5.92 Å². The highest BCUT2D eigenvalue weighted by Gasteiger charge is 2.39. The maximum Gasteiger partial charge on any atom is 0.321 e. The van der Waals surface area contributed by atoms with Crippen molar-refractivity contribution in [3.63, 3.8) is 0 Å². The number of carbonyl (C=O) groups excluding carboxylic acids is 4. The first-order valence-corrected chi connectivity index (χ1v) is 8.43. The summed E-state index contributed by atoms with van der Waals surface area (Å²) in [5.74, 6) is -1.82. The second-order valence-electron chi connectivity index (χ2n) is 6.67. The summed E-state index contributed by atoms with van der Waals surface area (Å²) in [5, 5.41) is 4.57. The van der Waals surface area contributed by atoms with Crippen molar-refractivity contribution in [1.82, 2.24) is 15.5 Å². The molecule has 2 N–H and O–H groups in total. The van der Waals surface area contributed by atoms with Crippen LogP contribution in [-0.2, 0) is 19.1 Å². The molecule has 8 heteroatoms. The van der Waals surface area contributed by atoms with Crippen LogP contribution in [0.15, 0.2) is 0 Å². The average molecular weight is 339 g/mol. The number of hydrogen-bond donors (Lipinski definition) is 2. The predicted molar refractivity (Wildman–Crippen MR) is 84.8 cm³/mol. The number of nitrogens with zero attached hydrogens (tertiary/aromatic N) is 1. The zero-order valence-corrected chi connectivity index (χ0v) is 14.2. The fourth-order valence-electron chi connectivity index (χ4n) is 3.17. The lowest BCUT2D eigenvalue weighted by Gasteiger charge is -2.23. The zero-order valence-electron chi connectivity index (χ0n) is 14.2. The van der Waals surface area contributed by atoms with Gasteiger partial charge in [-0.1, -0.05) is 12.8 Å². The lowest BCUT2D eigenvalue weighted by molar-refractivity contribution is -0.152. The lowest BCUT2D eigenvalue weighted by Crippen LogP contribution is -2.44. The molecule has 1 heterocycles. The second kappa shape index (κ2) is 8.12. The number of hydrogen-bond acceptors (Lipinski definition) is 5. The monoisotopic (exact) mass is 339 g/mol. The van der Waals surface area contributed by atoms with Crippen molar-refractivity contribution in [3.05, 3.63) is 0 Å². The molecule has 0 aromatic carbocycles. The van der Waals surface area contributed by atoms with Crippen molar-refractivity contribution in [2.75, 3.05) is 13.2 Å².